The molecule has 0 bridgehead atoms. The van der Waals surface area contributed by atoms with E-state index in [1.54, 1.807) is 6.26 Å². The van der Waals surface area contributed by atoms with Crippen LogP contribution in [0.15, 0.2) is 24.0 Å². The van der Waals surface area contributed by atoms with E-state index in [-0.39, 0.29) is 0 Å². The Labute approximate surface area is 95.8 Å². The highest BCUT2D eigenvalue weighted by Gasteiger charge is 2.41. The number of hydrogen-bond donors (Lipinski definition) is 1. The van der Waals surface area contributed by atoms with Gasteiger partial charge < -0.3 is 9.84 Å². The summed E-state index contributed by atoms with van der Waals surface area (Å²) in [5.74, 6) is -0.830. The lowest BCUT2D eigenvalue weighted by atomic mass is 9.84. The molecule has 1 unspecified atom stereocenters. The van der Waals surface area contributed by atoms with Gasteiger partial charge in [-0.15, -0.1) is 0 Å². The lowest BCUT2D eigenvalue weighted by Crippen LogP contribution is -2.42. The van der Waals surface area contributed by atoms with Crippen molar-refractivity contribution in [2.24, 2.45) is 0 Å². The molecule has 1 heterocycles. The summed E-state index contributed by atoms with van der Waals surface area (Å²) in [6, 6.07) is 0. The third-order valence-electron chi connectivity index (χ3n) is 3.39. The molecule has 1 aliphatic heterocycles. The Morgan fingerprint density at radius 2 is 2.31 bits per heavy atom. The molecule has 0 aromatic heterocycles. The maximum atomic E-state index is 11.4. The van der Waals surface area contributed by atoms with Crippen LogP contribution in [0.1, 0.15) is 44.9 Å². The lowest BCUT2D eigenvalue weighted by molar-refractivity contribution is -0.161. The van der Waals surface area contributed by atoms with Gasteiger partial charge in [-0.1, -0.05) is 11.6 Å². The highest BCUT2D eigenvalue weighted by atomic mass is 16.5. The first kappa shape index (κ1) is 11.2. The molecule has 2 aliphatic rings. The summed E-state index contributed by atoms with van der Waals surface area (Å²) in [6.07, 6.45) is 12.1. The SMILES string of the molecule is O=C(O)C1(CC2=CCCCC2)CCC=CO1. The predicted octanol–water partition coefficient (Wildman–Crippen LogP) is 3.02. The predicted molar refractivity (Wildman–Crippen MR) is 61.0 cm³/mol. The normalized spacial score (nSPS) is 29.4. The molecular weight excluding hydrogens is 204 g/mol. The lowest BCUT2D eigenvalue weighted by Gasteiger charge is -2.32. The molecule has 1 N–H and O–H groups in total. The molecular formula is C13H18O3. The number of aliphatic carboxylic acids is 1. The minimum absolute atomic E-state index is 0.548. The van der Waals surface area contributed by atoms with Gasteiger partial charge in [-0.3, -0.25) is 0 Å². The summed E-state index contributed by atoms with van der Waals surface area (Å²) >= 11 is 0. The van der Waals surface area contributed by atoms with Crippen LogP contribution in [0.5, 0.6) is 0 Å². The van der Waals surface area contributed by atoms with Gasteiger partial charge in [0.2, 0.25) is 5.60 Å². The van der Waals surface area contributed by atoms with Crippen molar-refractivity contribution in [3.05, 3.63) is 24.0 Å². The topological polar surface area (TPSA) is 46.5 Å². The van der Waals surface area contributed by atoms with Crippen molar-refractivity contribution >= 4 is 5.97 Å². The fourth-order valence-electron chi connectivity index (χ4n) is 2.42. The number of carboxylic acid groups (broad SMARTS) is 1. The Morgan fingerprint density at radius 3 is 2.88 bits per heavy atom. The van der Waals surface area contributed by atoms with Gasteiger partial charge in [-0.25, -0.2) is 4.79 Å². The number of carboxylic acids is 1. The molecule has 1 aliphatic carbocycles. The highest BCUT2D eigenvalue weighted by molar-refractivity contribution is 5.78. The molecule has 0 aromatic carbocycles. The average Bonchev–Trinajstić information content (AvgIpc) is 2.31. The molecule has 0 fully saturated rings. The Morgan fingerprint density at radius 1 is 1.44 bits per heavy atom. The number of ether oxygens (including phenoxy) is 1. The summed E-state index contributed by atoms with van der Waals surface area (Å²) < 4.78 is 5.41. The van der Waals surface area contributed by atoms with Gasteiger partial charge in [0.15, 0.2) is 0 Å². The van der Waals surface area contributed by atoms with Crippen molar-refractivity contribution in [1.82, 2.24) is 0 Å². The standard InChI is InChI=1S/C13H18O3/c14-12(15)13(8-4-5-9-16-13)10-11-6-2-1-3-7-11/h5-6,9H,1-4,7-8,10H2,(H,14,15). The first-order chi connectivity index (χ1) is 7.73. The zero-order valence-electron chi connectivity index (χ0n) is 9.45. The summed E-state index contributed by atoms with van der Waals surface area (Å²) in [5.41, 5.74) is 0.252. The average molecular weight is 222 g/mol. The van der Waals surface area contributed by atoms with Crippen LogP contribution in [0.3, 0.4) is 0 Å². The van der Waals surface area contributed by atoms with Gasteiger partial charge in [-0.2, -0.15) is 0 Å². The minimum atomic E-state index is -1.00. The second-order valence-corrected chi connectivity index (χ2v) is 4.61. The largest absolute Gasteiger partial charge is 0.483 e. The monoisotopic (exact) mass is 222 g/mol. The van der Waals surface area contributed by atoms with Crippen LogP contribution in [0, 0.1) is 0 Å². The zero-order valence-corrected chi connectivity index (χ0v) is 9.45. The van der Waals surface area contributed by atoms with E-state index in [4.69, 9.17) is 4.74 Å². The number of hydrogen-bond acceptors (Lipinski definition) is 2. The Hall–Kier alpha value is -1.25. The molecule has 0 radical (unpaired) electrons. The van der Waals surface area contributed by atoms with Gasteiger partial charge in [0.25, 0.3) is 0 Å². The van der Waals surface area contributed by atoms with E-state index in [9.17, 15) is 9.90 Å². The van der Waals surface area contributed by atoms with Crippen molar-refractivity contribution in [3.8, 4) is 0 Å². The van der Waals surface area contributed by atoms with Crippen LogP contribution in [0.4, 0.5) is 0 Å². The van der Waals surface area contributed by atoms with Crippen molar-refractivity contribution in [1.29, 1.82) is 0 Å². The molecule has 3 heteroatoms. The van der Waals surface area contributed by atoms with Crippen LogP contribution < -0.4 is 0 Å². The zero-order chi connectivity index (χ0) is 11.4. The molecule has 0 amide bonds. The van der Waals surface area contributed by atoms with E-state index in [2.05, 4.69) is 6.08 Å². The molecule has 0 saturated heterocycles. The minimum Gasteiger partial charge on any atom is -0.483 e. The van der Waals surface area contributed by atoms with E-state index in [0.717, 1.165) is 19.3 Å². The van der Waals surface area contributed by atoms with Crippen LogP contribution in [0.2, 0.25) is 0 Å². The molecule has 16 heavy (non-hydrogen) atoms. The third-order valence-corrected chi connectivity index (χ3v) is 3.39. The maximum Gasteiger partial charge on any atom is 0.348 e. The quantitative estimate of drug-likeness (QED) is 0.746. The van der Waals surface area contributed by atoms with Crippen molar-refractivity contribution in [2.75, 3.05) is 0 Å². The molecule has 0 spiro atoms. The van der Waals surface area contributed by atoms with Crippen molar-refractivity contribution in [2.45, 2.75) is 50.5 Å². The molecule has 1 atom stereocenters. The molecule has 0 aromatic rings. The molecule has 88 valence electrons. The molecule has 0 saturated carbocycles. The van der Waals surface area contributed by atoms with Crippen molar-refractivity contribution < 1.29 is 14.6 Å². The smallest absolute Gasteiger partial charge is 0.348 e. The van der Waals surface area contributed by atoms with Crippen LogP contribution >= 0.6 is 0 Å². The summed E-state index contributed by atoms with van der Waals surface area (Å²) in [7, 11) is 0. The maximum absolute atomic E-state index is 11.4. The number of rotatable bonds is 3. The highest BCUT2D eigenvalue weighted by Crippen LogP contribution is 2.33. The fourth-order valence-corrected chi connectivity index (χ4v) is 2.42. The van der Waals surface area contributed by atoms with Gasteiger partial charge in [0, 0.05) is 12.8 Å². The van der Waals surface area contributed by atoms with E-state index in [1.807, 2.05) is 6.08 Å². The molecule has 2 rings (SSSR count). The van der Waals surface area contributed by atoms with E-state index < -0.39 is 11.6 Å². The Bertz CT molecular complexity index is 330. The number of carbonyl (C=O) groups is 1. The van der Waals surface area contributed by atoms with E-state index >= 15 is 0 Å². The van der Waals surface area contributed by atoms with Gasteiger partial charge in [0.05, 0.1) is 6.26 Å². The summed E-state index contributed by atoms with van der Waals surface area (Å²) in [6.45, 7) is 0. The van der Waals surface area contributed by atoms with Crippen LogP contribution in [-0.4, -0.2) is 16.7 Å². The Kier molecular flexibility index (Phi) is 3.32. The van der Waals surface area contributed by atoms with Gasteiger partial charge >= 0.3 is 5.97 Å². The number of allylic oxidation sites excluding steroid dienone is 2. The second-order valence-electron chi connectivity index (χ2n) is 4.61. The van der Waals surface area contributed by atoms with E-state index in [1.165, 1.54) is 18.4 Å². The molecule has 3 nitrogen and oxygen atoms in total. The first-order valence-electron chi connectivity index (χ1n) is 5.97. The summed E-state index contributed by atoms with van der Waals surface area (Å²) in [4.78, 5) is 11.4. The van der Waals surface area contributed by atoms with Crippen LogP contribution in [-0.2, 0) is 9.53 Å². The van der Waals surface area contributed by atoms with Crippen LogP contribution in [0.25, 0.3) is 0 Å². The van der Waals surface area contributed by atoms with Crippen molar-refractivity contribution in [3.63, 3.8) is 0 Å². The second kappa shape index (κ2) is 4.73. The Balaban J connectivity index is 2.10. The van der Waals surface area contributed by atoms with E-state index in [0.29, 0.717) is 12.8 Å². The summed E-state index contributed by atoms with van der Waals surface area (Å²) in [5, 5.41) is 9.33. The fraction of sp³-hybridized carbons (Fsp3) is 0.615. The third kappa shape index (κ3) is 2.29. The van der Waals surface area contributed by atoms with Gasteiger partial charge in [0.1, 0.15) is 0 Å². The first-order valence-corrected chi connectivity index (χ1v) is 5.97. The van der Waals surface area contributed by atoms with Gasteiger partial charge in [-0.05, 0) is 38.2 Å².